The molecule has 3 nitrogen and oxygen atoms in total. The second-order valence-corrected chi connectivity index (χ2v) is 6.64. The van der Waals surface area contributed by atoms with Crippen molar-refractivity contribution in [2.75, 3.05) is 0 Å². The maximum absolute atomic E-state index is 12.8. The Morgan fingerprint density at radius 2 is 1.79 bits per heavy atom. The monoisotopic (exact) mass is 317 g/mol. The van der Waals surface area contributed by atoms with Crippen LogP contribution in [0.4, 0.5) is 0 Å². The van der Waals surface area contributed by atoms with Crippen molar-refractivity contribution in [3.05, 3.63) is 76.1 Å². The third-order valence-corrected chi connectivity index (χ3v) is 5.10. The van der Waals surface area contributed by atoms with Crippen LogP contribution in [0.3, 0.4) is 0 Å². The SMILES string of the molecule is CC[C@@]1(C)Cc2ccccc2-c2nc(-c3ccccc3)oc(=O)c21. The van der Waals surface area contributed by atoms with Crippen LogP contribution in [0, 0.1) is 0 Å². The van der Waals surface area contributed by atoms with Crippen LogP contribution in [-0.2, 0) is 11.8 Å². The minimum atomic E-state index is -0.266. The summed E-state index contributed by atoms with van der Waals surface area (Å²) < 4.78 is 5.61. The van der Waals surface area contributed by atoms with Gasteiger partial charge in [-0.1, -0.05) is 56.3 Å². The molecule has 0 fully saturated rings. The average Bonchev–Trinajstić information content (AvgIpc) is 2.62. The van der Waals surface area contributed by atoms with E-state index >= 15 is 0 Å². The van der Waals surface area contributed by atoms with Gasteiger partial charge < -0.3 is 4.42 Å². The zero-order valence-corrected chi connectivity index (χ0v) is 13.9. The Bertz CT molecular complexity index is 959. The van der Waals surface area contributed by atoms with Crippen molar-refractivity contribution in [3.8, 4) is 22.7 Å². The van der Waals surface area contributed by atoms with E-state index in [2.05, 4.69) is 19.9 Å². The standard InChI is InChI=1S/C21H19NO2/c1-3-21(2)13-15-11-7-8-12-16(15)18-17(21)20(23)24-19(22-18)14-9-5-4-6-10-14/h4-12H,3,13H2,1-2H3/t21-/m0/s1. The van der Waals surface area contributed by atoms with Crippen LogP contribution >= 0.6 is 0 Å². The van der Waals surface area contributed by atoms with Crippen molar-refractivity contribution in [1.82, 2.24) is 4.98 Å². The van der Waals surface area contributed by atoms with Gasteiger partial charge in [-0.05, 0) is 30.5 Å². The van der Waals surface area contributed by atoms with Gasteiger partial charge in [0.15, 0.2) is 0 Å². The summed E-state index contributed by atoms with van der Waals surface area (Å²) in [6.45, 7) is 4.24. The first-order valence-corrected chi connectivity index (χ1v) is 8.32. The van der Waals surface area contributed by atoms with Crippen molar-refractivity contribution in [2.45, 2.75) is 32.1 Å². The molecular weight excluding hydrogens is 298 g/mol. The maximum Gasteiger partial charge on any atom is 0.343 e. The second kappa shape index (κ2) is 5.45. The Labute approximate surface area is 141 Å². The molecule has 0 aliphatic heterocycles. The minimum absolute atomic E-state index is 0.244. The first-order valence-electron chi connectivity index (χ1n) is 8.32. The molecule has 0 saturated carbocycles. The fourth-order valence-electron chi connectivity index (χ4n) is 3.56. The van der Waals surface area contributed by atoms with Gasteiger partial charge in [0.05, 0.1) is 11.3 Å². The number of hydrogen-bond donors (Lipinski definition) is 0. The minimum Gasteiger partial charge on any atom is -0.403 e. The lowest BCUT2D eigenvalue weighted by atomic mass is 9.69. The third kappa shape index (κ3) is 2.20. The Balaban J connectivity index is 2.03. The molecule has 3 aromatic rings. The van der Waals surface area contributed by atoms with Crippen LogP contribution in [0.2, 0.25) is 0 Å². The van der Waals surface area contributed by atoms with Crippen molar-refractivity contribution in [1.29, 1.82) is 0 Å². The van der Waals surface area contributed by atoms with Crippen molar-refractivity contribution in [3.63, 3.8) is 0 Å². The molecule has 0 radical (unpaired) electrons. The molecular formula is C21H19NO2. The molecule has 0 amide bonds. The molecule has 2 aromatic carbocycles. The summed E-state index contributed by atoms with van der Waals surface area (Å²) in [5, 5.41) is 0. The van der Waals surface area contributed by atoms with Gasteiger partial charge in [-0.15, -0.1) is 0 Å². The molecule has 1 aliphatic carbocycles. The van der Waals surface area contributed by atoms with Gasteiger partial charge >= 0.3 is 5.63 Å². The van der Waals surface area contributed by atoms with Crippen LogP contribution < -0.4 is 5.63 Å². The Morgan fingerprint density at radius 1 is 1.08 bits per heavy atom. The molecule has 0 saturated heterocycles. The quantitative estimate of drug-likeness (QED) is 0.694. The summed E-state index contributed by atoms with van der Waals surface area (Å²) in [7, 11) is 0. The van der Waals surface area contributed by atoms with Gasteiger partial charge in [-0.2, -0.15) is 0 Å². The predicted octanol–water partition coefficient (Wildman–Crippen LogP) is 4.59. The highest BCUT2D eigenvalue weighted by Crippen LogP contribution is 2.42. The molecule has 1 aromatic heterocycles. The highest BCUT2D eigenvalue weighted by molar-refractivity contribution is 5.72. The Morgan fingerprint density at radius 3 is 2.54 bits per heavy atom. The summed E-state index contributed by atoms with van der Waals surface area (Å²) in [5.74, 6) is 0.384. The van der Waals surface area contributed by atoms with E-state index in [0.717, 1.165) is 29.7 Å². The molecule has 3 heteroatoms. The number of rotatable bonds is 2. The van der Waals surface area contributed by atoms with Crippen molar-refractivity contribution < 1.29 is 4.42 Å². The van der Waals surface area contributed by atoms with Crippen LogP contribution in [-0.4, -0.2) is 4.98 Å². The maximum atomic E-state index is 12.8. The van der Waals surface area contributed by atoms with Gasteiger partial charge in [-0.3, -0.25) is 0 Å². The number of benzene rings is 2. The van der Waals surface area contributed by atoms with E-state index in [-0.39, 0.29) is 11.0 Å². The van der Waals surface area contributed by atoms with Crippen LogP contribution in [0.1, 0.15) is 31.4 Å². The van der Waals surface area contributed by atoms with Gasteiger partial charge in [-0.25, -0.2) is 9.78 Å². The van der Waals surface area contributed by atoms with E-state index in [4.69, 9.17) is 9.40 Å². The fraction of sp³-hybridized carbons (Fsp3) is 0.238. The smallest absolute Gasteiger partial charge is 0.343 e. The summed E-state index contributed by atoms with van der Waals surface area (Å²) in [6.07, 6.45) is 1.70. The topological polar surface area (TPSA) is 43.1 Å². The van der Waals surface area contributed by atoms with Crippen molar-refractivity contribution >= 4 is 0 Å². The third-order valence-electron chi connectivity index (χ3n) is 5.10. The largest absolute Gasteiger partial charge is 0.403 e. The molecule has 0 spiro atoms. The number of nitrogens with zero attached hydrogens (tertiary/aromatic N) is 1. The van der Waals surface area contributed by atoms with E-state index in [1.165, 1.54) is 5.56 Å². The summed E-state index contributed by atoms with van der Waals surface area (Å²) in [6, 6.07) is 17.8. The van der Waals surface area contributed by atoms with Gasteiger partial charge in [0, 0.05) is 16.5 Å². The highest BCUT2D eigenvalue weighted by atomic mass is 16.4. The first kappa shape index (κ1) is 14.9. The van der Waals surface area contributed by atoms with E-state index in [0.29, 0.717) is 11.5 Å². The first-order chi connectivity index (χ1) is 11.6. The molecule has 24 heavy (non-hydrogen) atoms. The number of fused-ring (bicyclic) bond motifs is 3. The zero-order valence-electron chi connectivity index (χ0n) is 13.9. The van der Waals surface area contributed by atoms with Gasteiger partial charge in [0.25, 0.3) is 0 Å². The zero-order chi connectivity index (χ0) is 16.7. The van der Waals surface area contributed by atoms with Crippen LogP contribution in [0.25, 0.3) is 22.7 Å². The molecule has 120 valence electrons. The van der Waals surface area contributed by atoms with Gasteiger partial charge in [0.1, 0.15) is 0 Å². The molecule has 4 rings (SSSR count). The average molecular weight is 317 g/mol. The van der Waals surface area contributed by atoms with Crippen molar-refractivity contribution in [2.24, 2.45) is 0 Å². The lowest BCUT2D eigenvalue weighted by molar-refractivity contribution is 0.404. The van der Waals surface area contributed by atoms with E-state index in [1.807, 2.05) is 48.5 Å². The van der Waals surface area contributed by atoms with E-state index in [1.54, 1.807) is 0 Å². The number of hydrogen-bond acceptors (Lipinski definition) is 3. The highest BCUT2D eigenvalue weighted by Gasteiger charge is 2.38. The van der Waals surface area contributed by atoms with Crippen LogP contribution in [0.5, 0.6) is 0 Å². The molecule has 0 unspecified atom stereocenters. The molecule has 1 aliphatic rings. The predicted molar refractivity (Wildman–Crippen MR) is 95.0 cm³/mol. The lowest BCUT2D eigenvalue weighted by Crippen LogP contribution is -2.35. The summed E-state index contributed by atoms with van der Waals surface area (Å²) in [4.78, 5) is 17.6. The Hall–Kier alpha value is -2.68. The lowest BCUT2D eigenvalue weighted by Gasteiger charge is -2.34. The summed E-state index contributed by atoms with van der Waals surface area (Å²) in [5.41, 5.74) is 4.08. The summed E-state index contributed by atoms with van der Waals surface area (Å²) >= 11 is 0. The molecule has 0 bridgehead atoms. The normalized spacial score (nSPS) is 18.8. The van der Waals surface area contributed by atoms with Gasteiger partial charge in [0.2, 0.25) is 5.89 Å². The molecule has 1 atom stereocenters. The van der Waals surface area contributed by atoms with Crippen LogP contribution in [0.15, 0.2) is 63.8 Å². The van der Waals surface area contributed by atoms with E-state index < -0.39 is 0 Å². The molecule has 1 heterocycles. The molecule has 0 N–H and O–H groups in total. The number of aromatic nitrogens is 1. The second-order valence-electron chi connectivity index (χ2n) is 6.64. The fourth-order valence-corrected chi connectivity index (χ4v) is 3.56. The van der Waals surface area contributed by atoms with E-state index in [9.17, 15) is 4.79 Å². The Kier molecular flexibility index (Phi) is 3.38.